The largest absolute Gasteiger partial charge is 0.456 e. The SMILES string of the molecule is [2H]c1c([2H])c([2H])c(-c2ccc(-c3c([2H])c([2H])c(-c4c5ccccc5c(-c5c([2H])c([2H])c([2H])c6oc7c([2H])c(-c8ccccc8)c([2H])c([2H])c7c56)c5ccccc45)c([2H])c3[2H])cc2)c([2H])c1[2H]. The molecule has 9 aromatic carbocycles. The molecule has 0 spiro atoms. The predicted molar refractivity (Wildman–Crippen MR) is 216 cm³/mol. The van der Waals surface area contributed by atoms with E-state index in [1.165, 1.54) is 24.3 Å². The van der Waals surface area contributed by atoms with E-state index in [4.69, 9.17) is 15.4 Å². The first kappa shape index (κ1) is 17.8. The maximum absolute atomic E-state index is 9.49. The van der Waals surface area contributed by atoms with Crippen LogP contribution >= 0.6 is 0 Å². The molecular formula is C50H32O. The molecule has 0 amide bonds. The lowest BCUT2D eigenvalue weighted by atomic mass is 9.84. The van der Waals surface area contributed by atoms with Gasteiger partial charge in [-0.25, -0.2) is 0 Å². The second-order valence-corrected chi connectivity index (χ2v) is 12.0. The molecule has 0 aliphatic carbocycles. The first-order valence-corrected chi connectivity index (χ1v) is 16.3. The van der Waals surface area contributed by atoms with Gasteiger partial charge in [0.2, 0.25) is 0 Å². The summed E-state index contributed by atoms with van der Waals surface area (Å²) in [6.07, 6.45) is 0. The Morgan fingerprint density at radius 1 is 0.333 bits per heavy atom. The van der Waals surface area contributed by atoms with Gasteiger partial charge in [0.05, 0.1) is 20.6 Å². The molecule has 238 valence electrons. The molecule has 0 fully saturated rings. The van der Waals surface area contributed by atoms with E-state index in [0.29, 0.717) is 49.4 Å². The zero-order valence-corrected chi connectivity index (χ0v) is 26.7. The third-order valence-corrected chi connectivity index (χ3v) is 9.15. The van der Waals surface area contributed by atoms with Crippen LogP contribution in [0.3, 0.4) is 0 Å². The van der Waals surface area contributed by atoms with E-state index < -0.39 is 30.2 Å². The van der Waals surface area contributed by atoms with Crippen molar-refractivity contribution in [3.63, 3.8) is 0 Å². The lowest BCUT2D eigenvalue weighted by molar-refractivity contribution is 0.669. The average molecular weight is 664 g/mol. The Kier molecular flexibility index (Phi) is 4.19. The summed E-state index contributed by atoms with van der Waals surface area (Å²) in [5, 5.41) is 2.10. The van der Waals surface area contributed by atoms with Crippen molar-refractivity contribution in [3.05, 3.63) is 194 Å². The highest BCUT2D eigenvalue weighted by Crippen LogP contribution is 2.47. The van der Waals surface area contributed by atoms with Crippen molar-refractivity contribution in [2.75, 3.05) is 0 Å². The molecule has 0 N–H and O–H groups in total. The fraction of sp³-hybridized carbons (Fsp3) is 0. The van der Waals surface area contributed by atoms with Gasteiger partial charge in [0.25, 0.3) is 0 Å². The summed E-state index contributed by atoms with van der Waals surface area (Å²) in [5.74, 6) is 0. The van der Waals surface area contributed by atoms with Crippen LogP contribution in [0, 0.1) is 0 Å². The van der Waals surface area contributed by atoms with Crippen molar-refractivity contribution in [3.8, 4) is 55.6 Å². The molecule has 1 heteroatoms. The number of fused-ring (bicyclic) bond motifs is 5. The van der Waals surface area contributed by atoms with Gasteiger partial charge < -0.3 is 4.42 Å². The Labute approximate surface area is 317 Å². The lowest BCUT2D eigenvalue weighted by Gasteiger charge is -2.18. The summed E-state index contributed by atoms with van der Waals surface area (Å²) in [7, 11) is 0. The van der Waals surface area contributed by atoms with Crippen molar-refractivity contribution in [2.24, 2.45) is 0 Å². The monoisotopic (exact) mass is 663 g/mol. The van der Waals surface area contributed by atoms with Crippen molar-refractivity contribution in [1.29, 1.82) is 0 Å². The van der Waals surface area contributed by atoms with Crippen LogP contribution in [0.2, 0.25) is 0 Å². The van der Waals surface area contributed by atoms with Gasteiger partial charge in [0, 0.05) is 10.8 Å². The molecule has 10 rings (SSSR count). The second kappa shape index (κ2) is 12.0. The molecule has 0 aliphatic heterocycles. The molecule has 0 atom stereocenters. The number of furan rings is 1. The van der Waals surface area contributed by atoms with Crippen LogP contribution in [0.4, 0.5) is 0 Å². The molecule has 0 unspecified atom stereocenters. The smallest absolute Gasteiger partial charge is 0.136 e. The molecule has 51 heavy (non-hydrogen) atoms. The molecule has 1 heterocycles. The highest BCUT2D eigenvalue weighted by atomic mass is 16.3. The number of benzene rings is 9. The van der Waals surface area contributed by atoms with Crippen molar-refractivity contribution >= 4 is 43.5 Å². The topological polar surface area (TPSA) is 13.1 Å². The van der Waals surface area contributed by atoms with Gasteiger partial charge in [-0.3, -0.25) is 0 Å². The third kappa shape index (κ3) is 4.94. The molecule has 1 aromatic heterocycles. The summed E-state index contributed by atoms with van der Waals surface area (Å²) in [6, 6.07) is 23.4. The summed E-state index contributed by atoms with van der Waals surface area (Å²) < 4.78 is 140. The highest BCUT2D eigenvalue weighted by molar-refractivity contribution is 6.25. The molecule has 1 nitrogen and oxygen atoms in total. The Bertz CT molecular complexity index is 3630. The van der Waals surface area contributed by atoms with Gasteiger partial charge in [0.15, 0.2) is 0 Å². The maximum Gasteiger partial charge on any atom is 0.136 e. The quantitative estimate of drug-likeness (QED) is 0.167. The van der Waals surface area contributed by atoms with E-state index in [1.807, 2.05) is 0 Å². The minimum atomic E-state index is -0.522. The number of hydrogen-bond donors (Lipinski definition) is 0. The van der Waals surface area contributed by atoms with Crippen LogP contribution < -0.4 is 0 Å². The summed E-state index contributed by atoms with van der Waals surface area (Å²) in [6.45, 7) is 0. The van der Waals surface area contributed by atoms with Crippen LogP contribution in [0.15, 0.2) is 198 Å². The van der Waals surface area contributed by atoms with Crippen LogP contribution in [-0.4, -0.2) is 0 Å². The van der Waals surface area contributed by atoms with Crippen molar-refractivity contribution in [1.82, 2.24) is 0 Å². The third-order valence-electron chi connectivity index (χ3n) is 9.15. The van der Waals surface area contributed by atoms with Crippen molar-refractivity contribution in [2.45, 2.75) is 0 Å². The molecule has 0 bridgehead atoms. The summed E-state index contributed by atoms with van der Waals surface area (Å²) >= 11 is 0. The van der Waals surface area contributed by atoms with Crippen LogP contribution in [0.25, 0.3) is 99.1 Å². The highest BCUT2D eigenvalue weighted by Gasteiger charge is 2.20. The van der Waals surface area contributed by atoms with Gasteiger partial charge >= 0.3 is 0 Å². The first-order chi connectivity index (χ1) is 31.6. The molecular weight excluding hydrogens is 617 g/mol. The zero-order chi connectivity index (χ0) is 46.8. The lowest BCUT2D eigenvalue weighted by Crippen LogP contribution is -1.91. The second-order valence-electron chi connectivity index (χ2n) is 12.0. The Morgan fingerprint density at radius 3 is 1.51 bits per heavy atom. The van der Waals surface area contributed by atoms with E-state index in [2.05, 4.69) is 0 Å². The number of rotatable bonds is 5. The summed E-state index contributed by atoms with van der Waals surface area (Å²) in [4.78, 5) is 0. The summed E-state index contributed by atoms with van der Waals surface area (Å²) in [5.41, 5.74) is 1.98. The minimum absolute atomic E-state index is 0.00396. The van der Waals surface area contributed by atoms with Gasteiger partial charge in [-0.15, -0.1) is 0 Å². The normalized spacial score (nSPS) is 15.6. The minimum Gasteiger partial charge on any atom is -0.456 e. The van der Waals surface area contributed by atoms with Crippen molar-refractivity contribution < 1.29 is 25.0 Å². The Balaban J connectivity index is 1.23. The Morgan fingerprint density at radius 2 is 0.863 bits per heavy atom. The molecule has 10 aromatic rings. The Hall–Kier alpha value is -6.70. The van der Waals surface area contributed by atoms with E-state index in [0.717, 1.165) is 0 Å². The van der Waals surface area contributed by atoms with Gasteiger partial charge in [-0.1, -0.05) is 176 Å². The van der Waals surface area contributed by atoms with Crippen LogP contribution in [0.1, 0.15) is 20.6 Å². The standard InChI is InChI=1S/C50H32O/c1-3-12-33(13-4-1)35-22-24-36(25-23-35)37-26-28-38(29-27-37)48-40-16-7-9-18-42(40)49(43-19-10-8-17-41(43)48)45-20-11-21-46-50(45)44-31-30-39(32-47(44)51-46)34-14-5-2-6-15-34/h1-32H/i1D,3D,4D,11D,12D,13D,20D,21D,26D,27D,28D,29D,30D,31D,32D. The average Bonchev–Trinajstić information content (AvgIpc) is 3.73. The fourth-order valence-electron chi connectivity index (χ4n) is 6.83. The maximum atomic E-state index is 9.49. The van der Waals surface area contributed by atoms with E-state index in [1.54, 1.807) is 78.9 Å². The van der Waals surface area contributed by atoms with Crippen LogP contribution in [-0.2, 0) is 0 Å². The molecule has 0 aliphatic rings. The fourth-order valence-corrected chi connectivity index (χ4v) is 6.83. The van der Waals surface area contributed by atoms with Crippen LogP contribution in [0.5, 0.6) is 0 Å². The van der Waals surface area contributed by atoms with E-state index in [9.17, 15) is 9.60 Å². The molecule has 0 radical (unpaired) electrons. The van der Waals surface area contributed by atoms with E-state index >= 15 is 0 Å². The predicted octanol–water partition coefficient (Wildman–Crippen LogP) is 14.2. The van der Waals surface area contributed by atoms with Gasteiger partial charge in [-0.2, -0.15) is 0 Å². The first-order valence-electron chi connectivity index (χ1n) is 23.8. The van der Waals surface area contributed by atoms with E-state index in [-0.39, 0.29) is 110 Å². The van der Waals surface area contributed by atoms with Gasteiger partial charge in [-0.05, 0) is 95.3 Å². The number of hydrogen-bond acceptors (Lipinski definition) is 1. The zero-order valence-electron chi connectivity index (χ0n) is 41.7. The molecule has 0 saturated heterocycles. The van der Waals surface area contributed by atoms with Gasteiger partial charge in [0.1, 0.15) is 11.2 Å². The molecule has 0 saturated carbocycles.